The smallest absolute Gasteiger partial charge is 0.275 e. The molecule has 0 saturated carbocycles. The summed E-state index contributed by atoms with van der Waals surface area (Å²) in [7, 11) is 1.76. The molecule has 1 aromatic carbocycles. The summed E-state index contributed by atoms with van der Waals surface area (Å²) < 4.78 is 1.64. The highest BCUT2D eigenvalue weighted by Gasteiger charge is 2.15. The number of nitrogens with zero attached hydrogens (tertiary/aromatic N) is 4. The van der Waals surface area contributed by atoms with Crippen LogP contribution in [0.5, 0.6) is 0 Å². The Balaban J connectivity index is 1.48. The second kappa shape index (κ2) is 8.64. The van der Waals surface area contributed by atoms with Gasteiger partial charge < -0.3 is 9.88 Å². The van der Waals surface area contributed by atoms with Gasteiger partial charge in [0.15, 0.2) is 0 Å². The van der Waals surface area contributed by atoms with E-state index in [1.165, 1.54) is 11.3 Å². The first kappa shape index (κ1) is 21.7. The molecule has 0 aliphatic heterocycles. The third-order valence-corrected chi connectivity index (χ3v) is 6.59. The zero-order valence-corrected chi connectivity index (χ0v) is 19.7. The van der Waals surface area contributed by atoms with Gasteiger partial charge in [-0.3, -0.25) is 19.6 Å². The van der Waals surface area contributed by atoms with E-state index < -0.39 is 0 Å². The number of benzene rings is 1. The van der Waals surface area contributed by atoms with Crippen molar-refractivity contribution in [1.82, 2.24) is 19.5 Å². The Bertz CT molecular complexity index is 1610. The number of anilines is 1. The predicted molar refractivity (Wildman–Crippen MR) is 135 cm³/mol. The van der Waals surface area contributed by atoms with Crippen molar-refractivity contribution >= 4 is 33.8 Å². The van der Waals surface area contributed by atoms with Crippen LogP contribution in [0.15, 0.2) is 71.2 Å². The molecule has 7 nitrogen and oxygen atoms in total. The molecule has 4 aromatic heterocycles. The van der Waals surface area contributed by atoms with E-state index in [1.54, 1.807) is 35.6 Å². The lowest BCUT2D eigenvalue weighted by molar-refractivity contribution is 0.102. The molecule has 0 spiro atoms. The van der Waals surface area contributed by atoms with Crippen LogP contribution >= 0.6 is 11.3 Å². The number of aryl methyl sites for hydroxylation is 3. The van der Waals surface area contributed by atoms with E-state index in [1.807, 2.05) is 56.3 Å². The summed E-state index contributed by atoms with van der Waals surface area (Å²) in [6.45, 7) is 3.84. The number of aromatic nitrogens is 4. The summed E-state index contributed by atoms with van der Waals surface area (Å²) in [5.41, 5.74) is 5.67. The number of nitrogens with one attached hydrogen (secondary N) is 1. The van der Waals surface area contributed by atoms with Gasteiger partial charge in [-0.25, -0.2) is 4.98 Å². The molecular formula is C26H21N5O2S. The Morgan fingerprint density at radius 2 is 1.82 bits per heavy atom. The van der Waals surface area contributed by atoms with Crippen LogP contribution in [0.3, 0.4) is 0 Å². The summed E-state index contributed by atoms with van der Waals surface area (Å²) in [4.78, 5) is 38.9. The number of hydrogen-bond acceptors (Lipinski definition) is 6. The quantitative estimate of drug-likeness (QED) is 0.402. The first-order valence-corrected chi connectivity index (χ1v) is 11.5. The summed E-state index contributed by atoms with van der Waals surface area (Å²) in [6, 6.07) is 13.0. The number of thiazole rings is 1. The Morgan fingerprint density at radius 3 is 2.62 bits per heavy atom. The number of pyridine rings is 3. The van der Waals surface area contributed by atoms with E-state index in [0.29, 0.717) is 16.9 Å². The summed E-state index contributed by atoms with van der Waals surface area (Å²) >= 11 is 1.40. The third kappa shape index (κ3) is 3.99. The van der Waals surface area contributed by atoms with Crippen LogP contribution in [0.25, 0.3) is 32.6 Å². The zero-order valence-electron chi connectivity index (χ0n) is 18.9. The average molecular weight is 468 g/mol. The predicted octanol–water partition coefficient (Wildman–Crippen LogP) is 4.99. The molecule has 5 aromatic rings. The number of carbonyl (C=O) groups excluding carboxylic acids is 1. The van der Waals surface area contributed by atoms with Gasteiger partial charge in [0.05, 0.1) is 5.52 Å². The standard InChI is InChI=1S/C26H21N5O2S/c1-15-4-5-19(29-24(32)22-14-34-25(30-22)17-6-8-27-9-7-17)12-20(15)21-11-18-13-28-16(2)10-23(18)31(3)26(21)33/h4-14H,1-3H3,(H,29,32). The number of hydrogen-bond donors (Lipinski definition) is 1. The maximum absolute atomic E-state index is 13.2. The van der Waals surface area contributed by atoms with Crippen molar-refractivity contribution in [3.8, 4) is 21.7 Å². The highest BCUT2D eigenvalue weighted by atomic mass is 32.1. The first-order valence-electron chi connectivity index (χ1n) is 10.7. The topological polar surface area (TPSA) is 89.8 Å². The molecule has 0 unspecified atom stereocenters. The molecule has 0 aliphatic rings. The molecule has 0 atom stereocenters. The summed E-state index contributed by atoms with van der Waals surface area (Å²) in [6.07, 6.45) is 5.16. The Morgan fingerprint density at radius 1 is 1.03 bits per heavy atom. The van der Waals surface area contributed by atoms with Gasteiger partial charge in [-0.2, -0.15) is 0 Å². The van der Waals surface area contributed by atoms with E-state index in [4.69, 9.17) is 0 Å². The number of amides is 1. The van der Waals surface area contributed by atoms with Gasteiger partial charge in [0.1, 0.15) is 10.7 Å². The SMILES string of the molecule is Cc1cc2c(cn1)cc(-c1cc(NC(=O)c3csc(-c4ccncc4)n3)ccc1C)c(=O)n2C. The fraction of sp³-hybridized carbons (Fsp3) is 0.115. The molecule has 0 bridgehead atoms. The van der Waals surface area contributed by atoms with Crippen LogP contribution in [-0.2, 0) is 7.05 Å². The fourth-order valence-corrected chi connectivity index (χ4v) is 4.65. The zero-order chi connectivity index (χ0) is 23.8. The molecule has 1 amide bonds. The lowest BCUT2D eigenvalue weighted by Crippen LogP contribution is -2.19. The minimum Gasteiger partial charge on any atom is -0.321 e. The normalized spacial score (nSPS) is 11.0. The van der Waals surface area contributed by atoms with Gasteiger partial charge >= 0.3 is 0 Å². The van der Waals surface area contributed by atoms with Gasteiger partial charge in [-0.1, -0.05) is 6.07 Å². The van der Waals surface area contributed by atoms with Gasteiger partial charge in [-0.15, -0.1) is 11.3 Å². The molecule has 0 fully saturated rings. The molecule has 34 heavy (non-hydrogen) atoms. The molecule has 0 aliphatic carbocycles. The molecule has 0 radical (unpaired) electrons. The molecule has 5 rings (SSSR count). The van der Waals surface area contributed by atoms with E-state index in [0.717, 1.165) is 38.3 Å². The lowest BCUT2D eigenvalue weighted by Gasteiger charge is -2.13. The summed E-state index contributed by atoms with van der Waals surface area (Å²) in [5.74, 6) is -0.308. The molecule has 4 heterocycles. The van der Waals surface area contributed by atoms with Crippen molar-refractivity contribution in [1.29, 1.82) is 0 Å². The number of rotatable bonds is 4. The van der Waals surface area contributed by atoms with E-state index in [9.17, 15) is 9.59 Å². The van der Waals surface area contributed by atoms with Crippen molar-refractivity contribution in [2.24, 2.45) is 7.05 Å². The van der Waals surface area contributed by atoms with Gasteiger partial charge in [0, 0.05) is 58.9 Å². The molecular weight excluding hydrogens is 446 g/mol. The second-order valence-corrected chi connectivity index (χ2v) is 8.92. The highest BCUT2D eigenvalue weighted by molar-refractivity contribution is 7.13. The van der Waals surface area contributed by atoms with E-state index >= 15 is 0 Å². The van der Waals surface area contributed by atoms with Crippen LogP contribution in [0.1, 0.15) is 21.7 Å². The Hall–Kier alpha value is -4.17. The molecule has 168 valence electrons. The average Bonchev–Trinajstić information content (AvgIpc) is 3.34. The number of carbonyl (C=O) groups is 1. The fourth-order valence-electron chi connectivity index (χ4n) is 3.85. The monoisotopic (exact) mass is 467 g/mol. The van der Waals surface area contributed by atoms with Crippen LogP contribution < -0.4 is 10.9 Å². The largest absolute Gasteiger partial charge is 0.321 e. The van der Waals surface area contributed by atoms with E-state index in [-0.39, 0.29) is 11.5 Å². The van der Waals surface area contributed by atoms with Gasteiger partial charge in [0.2, 0.25) is 0 Å². The van der Waals surface area contributed by atoms with Crippen molar-refractivity contribution in [2.45, 2.75) is 13.8 Å². The molecule has 1 N–H and O–H groups in total. The Kier molecular flexibility index (Phi) is 5.51. The van der Waals surface area contributed by atoms with Gasteiger partial charge in [0.25, 0.3) is 11.5 Å². The maximum atomic E-state index is 13.2. The van der Waals surface area contributed by atoms with Crippen LogP contribution in [0, 0.1) is 13.8 Å². The third-order valence-electron chi connectivity index (χ3n) is 5.69. The lowest BCUT2D eigenvalue weighted by atomic mass is 9.99. The van der Waals surface area contributed by atoms with Crippen LogP contribution in [0.4, 0.5) is 5.69 Å². The highest BCUT2D eigenvalue weighted by Crippen LogP contribution is 2.28. The maximum Gasteiger partial charge on any atom is 0.275 e. The second-order valence-electron chi connectivity index (χ2n) is 8.06. The minimum absolute atomic E-state index is 0.105. The van der Waals surface area contributed by atoms with Crippen molar-refractivity contribution < 1.29 is 4.79 Å². The van der Waals surface area contributed by atoms with Gasteiger partial charge in [-0.05, 0) is 61.4 Å². The first-order chi connectivity index (χ1) is 16.4. The Labute approximate surface area is 199 Å². The molecule has 8 heteroatoms. The summed E-state index contributed by atoms with van der Waals surface area (Å²) in [5, 5.41) is 6.27. The van der Waals surface area contributed by atoms with Crippen molar-refractivity contribution in [3.63, 3.8) is 0 Å². The van der Waals surface area contributed by atoms with Crippen molar-refractivity contribution in [2.75, 3.05) is 5.32 Å². The van der Waals surface area contributed by atoms with E-state index in [2.05, 4.69) is 20.3 Å². The molecule has 0 saturated heterocycles. The minimum atomic E-state index is -0.308. The van der Waals surface area contributed by atoms with Crippen molar-refractivity contribution in [3.05, 3.63) is 93.7 Å². The van der Waals surface area contributed by atoms with Crippen LogP contribution in [0.2, 0.25) is 0 Å². The number of fused-ring (bicyclic) bond motifs is 1. The van der Waals surface area contributed by atoms with Crippen LogP contribution in [-0.4, -0.2) is 25.4 Å².